The van der Waals surface area contributed by atoms with Crippen LogP contribution < -0.4 is 114 Å². The first-order chi connectivity index (χ1) is 25.9. The second-order valence-corrected chi connectivity index (χ2v) is 55.6. The van der Waals surface area contributed by atoms with Gasteiger partial charge in [0.2, 0.25) is 0 Å². The van der Waals surface area contributed by atoms with Gasteiger partial charge in [0.05, 0.1) is 0 Å². The van der Waals surface area contributed by atoms with E-state index in [9.17, 15) is 64.2 Å². The van der Waals surface area contributed by atoms with Gasteiger partial charge in [0.15, 0.2) is 0 Å². The number of hydrogen-bond donors (Lipinski definition) is 0. The Morgan fingerprint density at radius 2 is 0.780 bits per heavy atom. The third-order valence-electron chi connectivity index (χ3n) is 6.82. The maximum absolute atomic E-state index is 13.9. The van der Waals surface area contributed by atoms with Crippen LogP contribution in [0.4, 0.5) is 0 Å². The number of benzene rings is 5. The summed E-state index contributed by atoms with van der Waals surface area (Å²) >= 11 is -10.4. The van der Waals surface area contributed by atoms with Crippen LogP contribution in [0.3, 0.4) is 0 Å². The van der Waals surface area contributed by atoms with Crippen LogP contribution in [0.5, 0.6) is 17.2 Å². The molecule has 0 aliphatic carbocycles. The molecule has 18 nitrogen and oxygen atoms in total. The van der Waals surface area contributed by atoms with E-state index in [1.54, 1.807) is 0 Å². The van der Waals surface area contributed by atoms with Gasteiger partial charge in [-0.2, -0.15) is 0 Å². The van der Waals surface area contributed by atoms with E-state index in [0.29, 0.717) is 12.1 Å². The van der Waals surface area contributed by atoms with Crippen molar-refractivity contribution in [2.75, 3.05) is 0 Å². The fourth-order valence-corrected chi connectivity index (χ4v) is 49.2. The third kappa shape index (κ3) is 14.3. The van der Waals surface area contributed by atoms with Crippen molar-refractivity contribution < 1.29 is 165 Å². The van der Waals surface area contributed by atoms with Crippen LogP contribution in [0.2, 0.25) is 0 Å². The second kappa shape index (κ2) is 21.5. The molecule has 0 saturated heterocycles. The summed E-state index contributed by atoms with van der Waals surface area (Å²) in [6.45, 7) is -17.4. The van der Waals surface area contributed by atoms with Gasteiger partial charge < -0.3 is 0 Å². The van der Waals surface area contributed by atoms with E-state index < -0.39 is 115 Å². The normalized spacial score (nSPS) is 12.4. The van der Waals surface area contributed by atoms with Crippen LogP contribution in [0.15, 0.2) is 142 Å². The van der Waals surface area contributed by atoms with Crippen LogP contribution in [0.1, 0.15) is 0 Å². The molecule has 5 aromatic carbocycles. The number of rotatable bonds is 15. The SMILES string of the molecule is O=S(=O)([O-])c1cccc([As](c2cccc(S(=O)(=O)[O-])c2)c2ccc(O[S](=O)(=O)[Bi]([S](=O)(=O)Oc3ccccc3)[S](=O)(=O)Oc3ccccc3)c(S(=O)(=O)[O-])c2)c1.[Na+].[Na+].[Na+]. The third-order valence-corrected chi connectivity index (χ3v) is 60.9. The molecule has 0 bridgehead atoms. The molecule has 5 rings (SSSR count). The fraction of sp³-hybridized carbons (Fsp3) is 0. The zero-order chi connectivity index (χ0) is 41.3. The van der Waals surface area contributed by atoms with E-state index in [0.717, 1.165) is 66.7 Å². The molecule has 0 fully saturated rings. The summed E-state index contributed by atoms with van der Waals surface area (Å²) in [6, 6.07) is 22.8. The maximum atomic E-state index is 13.9. The van der Waals surface area contributed by atoms with Gasteiger partial charge in [0.25, 0.3) is 0 Å². The molecule has 0 spiro atoms. The quantitative estimate of drug-likeness (QED) is 0.0694. The first-order valence-electron chi connectivity index (χ1n) is 14.6. The Morgan fingerprint density at radius 3 is 1.15 bits per heavy atom. The van der Waals surface area contributed by atoms with E-state index in [1.807, 2.05) is 0 Å². The Kier molecular flexibility index (Phi) is 19.9. The molecule has 0 saturated carbocycles. The molecule has 0 aromatic heterocycles. The molecule has 0 aliphatic heterocycles. The molecule has 0 radical (unpaired) electrons. The first kappa shape index (κ1) is 54.7. The monoisotopic (exact) mass is 1210 g/mol. The number of hydrogen-bond acceptors (Lipinski definition) is 18. The first-order valence-corrected chi connectivity index (χ1v) is 38.6. The molecule has 0 N–H and O–H groups in total. The molecule has 5 aromatic rings. The van der Waals surface area contributed by atoms with Gasteiger partial charge in [-0.15, -0.1) is 0 Å². The molecule has 0 atom stereocenters. The van der Waals surface area contributed by atoms with Crippen LogP contribution in [0, 0.1) is 0 Å². The van der Waals surface area contributed by atoms with Crippen LogP contribution in [-0.2, 0) is 51.0 Å². The van der Waals surface area contributed by atoms with Crippen molar-refractivity contribution >= 4 is 96.0 Å². The van der Waals surface area contributed by atoms with Crippen LogP contribution >= 0.6 is 0 Å². The van der Waals surface area contributed by atoms with E-state index in [2.05, 4.69) is 0 Å². The summed E-state index contributed by atoms with van der Waals surface area (Å²) in [6.07, 6.45) is 0. The Labute approximate surface area is 414 Å². The van der Waals surface area contributed by atoms with Crippen LogP contribution in [-0.4, -0.2) is 96.2 Å². The molecule has 0 heterocycles. The summed E-state index contributed by atoms with van der Waals surface area (Å²) in [7, 11) is -16.0. The minimum Gasteiger partial charge on any atom is 1.00 e. The summed E-state index contributed by atoms with van der Waals surface area (Å²) in [5.41, 5.74) is 0. The Hall–Kier alpha value is -0.478. The van der Waals surface area contributed by atoms with Crippen LogP contribution in [0.25, 0.3) is 0 Å². The predicted molar refractivity (Wildman–Crippen MR) is 195 cm³/mol. The molecule has 0 unspecified atom stereocenters. The smallest absolute Gasteiger partial charge is 1.00 e. The molecule has 59 heavy (non-hydrogen) atoms. The summed E-state index contributed by atoms with van der Waals surface area (Å²) < 4.78 is 206. The summed E-state index contributed by atoms with van der Waals surface area (Å²) in [5, 5.41) is 0. The van der Waals surface area contributed by atoms with Gasteiger partial charge in [-0.25, -0.2) is 0 Å². The second-order valence-electron chi connectivity index (χ2n) is 10.7. The fourth-order valence-electron chi connectivity index (χ4n) is 4.64. The van der Waals surface area contributed by atoms with Gasteiger partial charge >= 0.3 is 421 Å². The molecule has 0 amide bonds. The van der Waals surface area contributed by atoms with Gasteiger partial charge in [-0.05, 0) is 0 Å². The Morgan fingerprint density at radius 1 is 0.407 bits per heavy atom. The minimum absolute atomic E-state index is 0. The van der Waals surface area contributed by atoms with E-state index in [1.165, 1.54) is 48.5 Å². The average Bonchev–Trinajstić information content (AvgIpc) is 3.08. The van der Waals surface area contributed by atoms with Gasteiger partial charge in [0, 0.05) is 0 Å². The molecular formula is C30H21AsBiNa3O18S6. The molecule has 298 valence electrons. The van der Waals surface area contributed by atoms with Crippen molar-refractivity contribution in [3.8, 4) is 17.2 Å². The standard InChI is InChI=1S/C18H14AsO12S4.2C6H5O3S.Bi.3Na/c20-32(21)31-17-8-7-14(11-18(17)35(28,29)30)19(12-3-1-5-15(9-12)33(22,23)24)13-4-2-6-16(10-13)34(25,26)27;2*7-10(8)9-6-4-2-1-3-5-6;;;;/h1-11H,(H,22,23,24)(H,25,26,27)(H,28,29,30);2*1-5H;;;;/q;;;;3*+1/p-3. The van der Waals surface area contributed by atoms with Crippen molar-refractivity contribution in [3.05, 3.63) is 127 Å². The zero-order valence-corrected chi connectivity index (χ0v) is 46.6. The molecule has 0 aliphatic rings. The summed E-state index contributed by atoms with van der Waals surface area (Å²) in [4.78, 5) is -3.01. The van der Waals surface area contributed by atoms with Crippen molar-refractivity contribution in [2.24, 2.45) is 0 Å². The van der Waals surface area contributed by atoms with Crippen molar-refractivity contribution in [3.63, 3.8) is 0 Å². The van der Waals surface area contributed by atoms with Gasteiger partial charge in [0.1, 0.15) is 0 Å². The van der Waals surface area contributed by atoms with Gasteiger partial charge in [-0.3, -0.25) is 0 Å². The molecular weight excluding hydrogens is 1190 g/mol. The minimum atomic E-state index is -6.78. The topological polar surface area (TPSA) is 302 Å². The van der Waals surface area contributed by atoms with Crippen molar-refractivity contribution in [2.45, 2.75) is 14.7 Å². The van der Waals surface area contributed by atoms with Gasteiger partial charge in [-0.1, -0.05) is 0 Å². The van der Waals surface area contributed by atoms with Crippen molar-refractivity contribution in [1.29, 1.82) is 0 Å². The maximum Gasteiger partial charge on any atom is 1.00 e. The largest absolute Gasteiger partial charge is 1.00 e. The molecule has 29 heteroatoms. The predicted octanol–water partition coefficient (Wildman–Crippen LogP) is -9.56. The number of para-hydroxylation sites is 2. The van der Waals surface area contributed by atoms with E-state index in [-0.39, 0.29) is 102 Å². The van der Waals surface area contributed by atoms with Crippen molar-refractivity contribution in [1.82, 2.24) is 0 Å². The Bertz CT molecular complexity index is 2840. The van der Waals surface area contributed by atoms with E-state index in [4.69, 9.17) is 12.5 Å². The average molecular weight is 1210 g/mol. The summed E-state index contributed by atoms with van der Waals surface area (Å²) in [5.74, 6) is -2.39. The zero-order valence-electron chi connectivity index (χ0n) is 30.3. The van der Waals surface area contributed by atoms with E-state index >= 15 is 0 Å². The Balaban J connectivity index is 0.00000400.